The summed E-state index contributed by atoms with van der Waals surface area (Å²) < 4.78 is 0.865. The van der Waals surface area contributed by atoms with Crippen LogP contribution in [0.5, 0.6) is 0 Å². The summed E-state index contributed by atoms with van der Waals surface area (Å²) in [7, 11) is 0. The number of halogens is 1. The van der Waals surface area contributed by atoms with Crippen LogP contribution >= 0.6 is 15.9 Å². The molecule has 0 aromatic heterocycles. The number of nitrogens with zero attached hydrogens (tertiary/aromatic N) is 1. The molecular weight excluding hydrogens is 318 g/mol. The van der Waals surface area contributed by atoms with Crippen molar-refractivity contribution < 1.29 is 9.90 Å². The first-order valence-electron chi connectivity index (χ1n) is 7.32. The largest absolute Gasteiger partial charge is 0.395 e. The van der Waals surface area contributed by atoms with E-state index in [1.807, 2.05) is 30.0 Å². The Kier molecular flexibility index (Phi) is 5.61. The van der Waals surface area contributed by atoms with E-state index >= 15 is 0 Å². The maximum atomic E-state index is 12.8. The summed E-state index contributed by atoms with van der Waals surface area (Å²) in [5.41, 5.74) is 1.76. The van der Waals surface area contributed by atoms with Crippen molar-refractivity contribution in [1.29, 1.82) is 0 Å². The number of aryl methyl sites for hydroxylation is 1. The molecule has 1 aromatic rings. The van der Waals surface area contributed by atoms with Gasteiger partial charge >= 0.3 is 0 Å². The van der Waals surface area contributed by atoms with Crippen molar-refractivity contribution in [2.24, 2.45) is 0 Å². The Morgan fingerprint density at radius 2 is 2.05 bits per heavy atom. The number of rotatable bonds is 4. The molecule has 0 atom stereocenters. The minimum atomic E-state index is 0.0195. The van der Waals surface area contributed by atoms with Crippen molar-refractivity contribution in [2.75, 3.05) is 13.2 Å². The molecule has 0 bridgehead atoms. The molecule has 20 heavy (non-hydrogen) atoms. The Bertz CT molecular complexity index is 470. The minimum Gasteiger partial charge on any atom is -0.395 e. The third kappa shape index (κ3) is 3.41. The Morgan fingerprint density at radius 3 is 2.70 bits per heavy atom. The van der Waals surface area contributed by atoms with Crippen molar-refractivity contribution in [3.63, 3.8) is 0 Å². The lowest BCUT2D eigenvalue weighted by Gasteiger charge is -2.34. The Hall–Kier alpha value is -0.870. The SMILES string of the molecule is Cc1cccc(C(=O)N(CCO)C2CCCCC2)c1Br. The van der Waals surface area contributed by atoms with Gasteiger partial charge in [0.15, 0.2) is 0 Å². The molecule has 1 saturated carbocycles. The molecule has 2 rings (SSSR count). The van der Waals surface area contributed by atoms with Crippen molar-refractivity contribution >= 4 is 21.8 Å². The lowest BCUT2D eigenvalue weighted by molar-refractivity contribution is 0.0584. The summed E-state index contributed by atoms with van der Waals surface area (Å²) >= 11 is 3.51. The highest BCUT2D eigenvalue weighted by atomic mass is 79.9. The number of carbonyl (C=O) groups excluding carboxylic acids is 1. The molecule has 1 aliphatic carbocycles. The number of aliphatic hydroxyl groups is 1. The first kappa shape index (κ1) is 15.5. The molecule has 1 fully saturated rings. The van der Waals surface area contributed by atoms with Crippen molar-refractivity contribution in [2.45, 2.75) is 45.1 Å². The first-order chi connectivity index (χ1) is 9.65. The van der Waals surface area contributed by atoms with Gasteiger partial charge in [0, 0.05) is 17.1 Å². The highest BCUT2D eigenvalue weighted by molar-refractivity contribution is 9.10. The Labute approximate surface area is 129 Å². The monoisotopic (exact) mass is 339 g/mol. The molecule has 1 aromatic carbocycles. The predicted octanol–water partition coefficient (Wildman–Crippen LogP) is 3.52. The number of hydrogen-bond donors (Lipinski definition) is 1. The van der Waals surface area contributed by atoms with E-state index < -0.39 is 0 Å². The van der Waals surface area contributed by atoms with Crippen molar-refractivity contribution in [3.05, 3.63) is 33.8 Å². The van der Waals surface area contributed by atoms with E-state index in [0.717, 1.165) is 22.9 Å². The molecule has 0 unspecified atom stereocenters. The molecule has 4 heteroatoms. The topological polar surface area (TPSA) is 40.5 Å². The highest BCUT2D eigenvalue weighted by Gasteiger charge is 2.27. The van der Waals surface area contributed by atoms with Gasteiger partial charge < -0.3 is 10.0 Å². The Balaban J connectivity index is 2.23. The fraction of sp³-hybridized carbons (Fsp3) is 0.562. The normalized spacial score (nSPS) is 16.1. The van der Waals surface area contributed by atoms with Crippen LogP contribution < -0.4 is 0 Å². The molecule has 1 N–H and O–H groups in total. The van der Waals surface area contributed by atoms with Gasteiger partial charge in [-0.1, -0.05) is 31.4 Å². The number of carbonyl (C=O) groups is 1. The molecular formula is C16H22BrNO2. The molecule has 0 heterocycles. The molecule has 3 nitrogen and oxygen atoms in total. The molecule has 1 aliphatic rings. The van der Waals surface area contributed by atoms with Gasteiger partial charge in [-0.05, 0) is 47.3 Å². The van der Waals surface area contributed by atoms with E-state index in [4.69, 9.17) is 0 Å². The average Bonchev–Trinajstić information content (AvgIpc) is 2.48. The van der Waals surface area contributed by atoms with Crippen molar-refractivity contribution in [3.8, 4) is 0 Å². The Morgan fingerprint density at radius 1 is 1.35 bits per heavy atom. The van der Waals surface area contributed by atoms with Crippen LogP contribution in [-0.2, 0) is 0 Å². The standard InChI is InChI=1S/C16H22BrNO2/c1-12-6-5-9-14(15(12)17)16(20)18(10-11-19)13-7-3-2-4-8-13/h5-6,9,13,19H,2-4,7-8,10-11H2,1H3. The number of hydrogen-bond acceptors (Lipinski definition) is 2. The second-order valence-electron chi connectivity index (χ2n) is 5.45. The smallest absolute Gasteiger partial charge is 0.255 e. The van der Waals surface area contributed by atoms with Gasteiger partial charge in [0.25, 0.3) is 5.91 Å². The van der Waals surface area contributed by atoms with Gasteiger partial charge in [-0.15, -0.1) is 0 Å². The third-order valence-electron chi connectivity index (χ3n) is 4.04. The molecule has 0 saturated heterocycles. The zero-order valence-corrected chi connectivity index (χ0v) is 13.5. The summed E-state index contributed by atoms with van der Waals surface area (Å²) in [4.78, 5) is 14.7. The lowest BCUT2D eigenvalue weighted by atomic mass is 9.93. The molecule has 110 valence electrons. The van der Waals surface area contributed by atoms with Crippen LogP contribution in [-0.4, -0.2) is 35.1 Å². The quantitative estimate of drug-likeness (QED) is 0.911. The van der Waals surface area contributed by atoms with Gasteiger partial charge in [0.2, 0.25) is 0 Å². The van der Waals surface area contributed by atoms with E-state index in [-0.39, 0.29) is 18.6 Å². The highest BCUT2D eigenvalue weighted by Crippen LogP contribution is 2.27. The van der Waals surface area contributed by atoms with Crippen LogP contribution in [0.15, 0.2) is 22.7 Å². The maximum absolute atomic E-state index is 12.8. The number of aliphatic hydroxyl groups excluding tert-OH is 1. The summed E-state index contributed by atoms with van der Waals surface area (Å²) in [6.07, 6.45) is 5.71. The second-order valence-corrected chi connectivity index (χ2v) is 6.24. The van der Waals surface area contributed by atoms with Crippen LogP contribution in [0, 0.1) is 6.92 Å². The van der Waals surface area contributed by atoms with Crippen LogP contribution in [0.25, 0.3) is 0 Å². The van der Waals surface area contributed by atoms with Crippen LogP contribution in [0.1, 0.15) is 48.0 Å². The number of amides is 1. The number of benzene rings is 1. The summed E-state index contributed by atoms with van der Waals surface area (Å²) in [5, 5.41) is 9.28. The average molecular weight is 340 g/mol. The van der Waals surface area contributed by atoms with Crippen LogP contribution in [0.3, 0.4) is 0 Å². The molecule has 0 spiro atoms. The van der Waals surface area contributed by atoms with Crippen molar-refractivity contribution in [1.82, 2.24) is 4.90 Å². The summed E-state index contributed by atoms with van der Waals surface area (Å²) in [6.45, 7) is 2.42. The van der Waals surface area contributed by atoms with Crippen LogP contribution in [0.4, 0.5) is 0 Å². The van der Waals surface area contributed by atoms with E-state index in [1.54, 1.807) is 0 Å². The predicted molar refractivity (Wildman–Crippen MR) is 83.9 cm³/mol. The van der Waals surface area contributed by atoms with Gasteiger partial charge in [-0.2, -0.15) is 0 Å². The third-order valence-corrected chi connectivity index (χ3v) is 5.09. The van der Waals surface area contributed by atoms with Gasteiger partial charge in [0.05, 0.1) is 12.2 Å². The lowest BCUT2D eigenvalue weighted by Crippen LogP contribution is -2.43. The fourth-order valence-corrected chi connectivity index (χ4v) is 3.35. The van der Waals surface area contributed by atoms with Gasteiger partial charge in [-0.3, -0.25) is 4.79 Å². The second kappa shape index (κ2) is 7.23. The van der Waals surface area contributed by atoms with Gasteiger partial charge in [0.1, 0.15) is 0 Å². The molecule has 1 amide bonds. The minimum absolute atomic E-state index is 0.0195. The maximum Gasteiger partial charge on any atom is 0.255 e. The fourth-order valence-electron chi connectivity index (χ4n) is 2.92. The van der Waals surface area contributed by atoms with E-state index in [0.29, 0.717) is 12.1 Å². The van der Waals surface area contributed by atoms with Gasteiger partial charge in [-0.25, -0.2) is 0 Å². The molecule has 0 aliphatic heterocycles. The zero-order chi connectivity index (χ0) is 14.5. The zero-order valence-electron chi connectivity index (χ0n) is 11.9. The van der Waals surface area contributed by atoms with Crippen LogP contribution in [0.2, 0.25) is 0 Å². The van der Waals surface area contributed by atoms with E-state index in [9.17, 15) is 9.90 Å². The summed E-state index contributed by atoms with van der Waals surface area (Å²) in [6, 6.07) is 6.02. The molecule has 0 radical (unpaired) electrons. The first-order valence-corrected chi connectivity index (χ1v) is 8.11. The van der Waals surface area contributed by atoms with E-state index in [1.165, 1.54) is 19.3 Å². The summed E-state index contributed by atoms with van der Waals surface area (Å²) in [5.74, 6) is 0.0292. The van der Waals surface area contributed by atoms with E-state index in [2.05, 4.69) is 15.9 Å².